The Balaban J connectivity index is 1.74. The molecule has 2 aliphatic rings. The van der Waals surface area contributed by atoms with Crippen molar-refractivity contribution in [1.29, 1.82) is 0 Å². The highest BCUT2D eigenvalue weighted by Gasteiger charge is 2.36. The van der Waals surface area contributed by atoms with Gasteiger partial charge >= 0.3 is 0 Å². The van der Waals surface area contributed by atoms with Gasteiger partial charge in [0.15, 0.2) is 0 Å². The molecule has 2 aliphatic heterocycles. The van der Waals surface area contributed by atoms with Crippen molar-refractivity contribution >= 4 is 0 Å². The van der Waals surface area contributed by atoms with Crippen LogP contribution in [0.25, 0.3) is 0 Å². The van der Waals surface area contributed by atoms with Gasteiger partial charge < -0.3 is 14.8 Å². The number of hydrogen-bond donors (Lipinski definition) is 1. The first-order valence-electron chi connectivity index (χ1n) is 7.15. The molecule has 1 fully saturated rings. The van der Waals surface area contributed by atoms with E-state index in [1.54, 1.807) is 0 Å². The molecule has 0 amide bonds. The molecule has 0 aromatic rings. The van der Waals surface area contributed by atoms with E-state index in [4.69, 9.17) is 9.47 Å². The highest BCUT2D eigenvalue weighted by Crippen LogP contribution is 2.34. The second-order valence-corrected chi connectivity index (χ2v) is 6.54. The molecule has 104 valence electrons. The molecule has 2 atom stereocenters. The lowest BCUT2D eigenvalue weighted by Gasteiger charge is -2.31. The Hall–Kier alpha value is -0.380. The molecule has 1 saturated heterocycles. The maximum atomic E-state index is 5.89. The van der Waals surface area contributed by atoms with E-state index in [-0.39, 0.29) is 5.41 Å². The third-order valence-corrected chi connectivity index (χ3v) is 3.81. The van der Waals surface area contributed by atoms with Crippen LogP contribution in [-0.2, 0) is 9.47 Å². The molecule has 0 bridgehead atoms. The average Bonchev–Trinajstić information content (AvgIpc) is 2.78. The highest BCUT2D eigenvalue weighted by molar-refractivity contribution is 5.06. The minimum Gasteiger partial charge on any atom is -0.377 e. The Morgan fingerprint density at radius 3 is 2.83 bits per heavy atom. The highest BCUT2D eigenvalue weighted by atomic mass is 16.5. The molecule has 3 nitrogen and oxygen atoms in total. The van der Waals surface area contributed by atoms with Crippen LogP contribution in [0.1, 0.15) is 33.6 Å². The zero-order valence-electron chi connectivity index (χ0n) is 12.0. The van der Waals surface area contributed by atoms with Crippen LogP contribution in [-0.4, -0.2) is 39.0 Å². The Morgan fingerprint density at radius 1 is 1.33 bits per heavy atom. The van der Waals surface area contributed by atoms with Gasteiger partial charge in [0.25, 0.3) is 0 Å². The van der Waals surface area contributed by atoms with Crippen molar-refractivity contribution in [3.8, 4) is 0 Å². The second kappa shape index (κ2) is 6.18. The molecule has 0 aromatic heterocycles. The first-order valence-corrected chi connectivity index (χ1v) is 7.15. The van der Waals surface area contributed by atoms with Gasteiger partial charge in [-0.1, -0.05) is 26.8 Å². The van der Waals surface area contributed by atoms with Gasteiger partial charge in [0.2, 0.25) is 0 Å². The molecule has 0 saturated carbocycles. The Morgan fingerprint density at radius 2 is 2.17 bits per heavy atom. The molecule has 1 N–H and O–H groups in total. The van der Waals surface area contributed by atoms with Crippen LogP contribution in [0.2, 0.25) is 0 Å². The lowest BCUT2D eigenvalue weighted by atomic mass is 9.81. The van der Waals surface area contributed by atoms with E-state index >= 15 is 0 Å². The smallest absolute Gasteiger partial charge is 0.0689 e. The van der Waals surface area contributed by atoms with E-state index < -0.39 is 0 Å². The normalized spacial score (nSPS) is 29.4. The van der Waals surface area contributed by atoms with Gasteiger partial charge in [0, 0.05) is 25.6 Å². The molecular formula is C15H27NO2. The van der Waals surface area contributed by atoms with Gasteiger partial charge in [0.05, 0.1) is 19.3 Å². The number of ether oxygens (including phenoxy) is 2. The number of hydrogen-bond acceptors (Lipinski definition) is 3. The SMILES string of the molecule is CC(C)(C)[C@H]1OCC[C@@H]1CNCC1=CCCOC1. The lowest BCUT2D eigenvalue weighted by Crippen LogP contribution is -2.37. The quantitative estimate of drug-likeness (QED) is 0.780. The van der Waals surface area contributed by atoms with E-state index in [1.165, 1.54) is 12.0 Å². The molecule has 0 spiro atoms. The molecule has 2 rings (SSSR count). The van der Waals surface area contributed by atoms with E-state index in [2.05, 4.69) is 32.2 Å². The van der Waals surface area contributed by atoms with Gasteiger partial charge in [-0.2, -0.15) is 0 Å². The third-order valence-electron chi connectivity index (χ3n) is 3.81. The largest absolute Gasteiger partial charge is 0.377 e. The Kier molecular flexibility index (Phi) is 4.82. The topological polar surface area (TPSA) is 30.5 Å². The summed E-state index contributed by atoms with van der Waals surface area (Å²) < 4.78 is 11.3. The molecule has 0 aromatic carbocycles. The maximum Gasteiger partial charge on any atom is 0.0689 e. The van der Waals surface area contributed by atoms with Gasteiger partial charge in [-0.25, -0.2) is 0 Å². The van der Waals surface area contributed by atoms with Crippen molar-refractivity contribution in [2.75, 3.05) is 32.9 Å². The average molecular weight is 253 g/mol. The fraction of sp³-hybridized carbons (Fsp3) is 0.867. The zero-order chi connectivity index (χ0) is 13.0. The first-order chi connectivity index (χ1) is 8.57. The molecule has 2 heterocycles. The van der Waals surface area contributed by atoms with Crippen molar-refractivity contribution in [2.24, 2.45) is 11.3 Å². The van der Waals surface area contributed by atoms with Crippen LogP contribution in [0.5, 0.6) is 0 Å². The van der Waals surface area contributed by atoms with E-state index in [1.807, 2.05) is 0 Å². The van der Waals surface area contributed by atoms with Crippen molar-refractivity contribution in [3.63, 3.8) is 0 Å². The predicted octanol–water partition coefficient (Wildman–Crippen LogP) is 2.37. The van der Waals surface area contributed by atoms with E-state index in [9.17, 15) is 0 Å². The lowest BCUT2D eigenvalue weighted by molar-refractivity contribution is 0.00735. The molecule has 0 radical (unpaired) electrons. The van der Waals surface area contributed by atoms with E-state index in [0.717, 1.165) is 39.3 Å². The van der Waals surface area contributed by atoms with Crippen molar-refractivity contribution in [3.05, 3.63) is 11.6 Å². The first kappa shape index (κ1) is 14.0. The minimum atomic E-state index is 0.246. The van der Waals surface area contributed by atoms with Gasteiger partial charge in [0.1, 0.15) is 0 Å². The second-order valence-electron chi connectivity index (χ2n) is 6.54. The van der Waals surface area contributed by atoms with Crippen molar-refractivity contribution in [2.45, 2.75) is 39.7 Å². The standard InChI is InChI=1S/C15H27NO2/c1-15(2,3)14-13(6-8-18-14)10-16-9-12-5-4-7-17-11-12/h5,13-14,16H,4,6-11H2,1-3H3/t13-,14+/m1/s1. The summed E-state index contributed by atoms with van der Waals surface area (Å²) in [6.07, 6.45) is 4.95. The van der Waals surface area contributed by atoms with Gasteiger partial charge in [-0.15, -0.1) is 0 Å². The van der Waals surface area contributed by atoms with Crippen molar-refractivity contribution < 1.29 is 9.47 Å². The molecule has 3 heteroatoms. The summed E-state index contributed by atoms with van der Waals surface area (Å²) in [5, 5.41) is 3.57. The maximum absolute atomic E-state index is 5.89. The summed E-state index contributed by atoms with van der Waals surface area (Å²) in [6, 6.07) is 0. The number of rotatable bonds is 4. The number of nitrogens with one attached hydrogen (secondary N) is 1. The minimum absolute atomic E-state index is 0.246. The molecular weight excluding hydrogens is 226 g/mol. The van der Waals surface area contributed by atoms with Crippen LogP contribution >= 0.6 is 0 Å². The third kappa shape index (κ3) is 3.81. The van der Waals surface area contributed by atoms with Gasteiger partial charge in [-0.05, 0) is 23.8 Å². The fourth-order valence-electron chi connectivity index (χ4n) is 2.95. The van der Waals surface area contributed by atoms with Crippen LogP contribution in [0, 0.1) is 11.3 Å². The summed E-state index contributed by atoms with van der Waals surface area (Å²) in [5.74, 6) is 0.648. The van der Waals surface area contributed by atoms with Gasteiger partial charge in [-0.3, -0.25) is 0 Å². The predicted molar refractivity (Wildman–Crippen MR) is 73.7 cm³/mol. The van der Waals surface area contributed by atoms with Crippen LogP contribution < -0.4 is 5.32 Å². The van der Waals surface area contributed by atoms with Crippen LogP contribution in [0.3, 0.4) is 0 Å². The Bertz CT molecular complexity index is 293. The zero-order valence-corrected chi connectivity index (χ0v) is 12.0. The van der Waals surface area contributed by atoms with Crippen molar-refractivity contribution in [1.82, 2.24) is 5.32 Å². The summed E-state index contributed by atoms with van der Waals surface area (Å²) >= 11 is 0. The van der Waals surface area contributed by atoms with E-state index in [0.29, 0.717) is 12.0 Å². The summed E-state index contributed by atoms with van der Waals surface area (Å²) in [4.78, 5) is 0. The summed E-state index contributed by atoms with van der Waals surface area (Å²) in [6.45, 7) is 11.4. The molecule has 0 unspecified atom stereocenters. The van der Waals surface area contributed by atoms with Crippen LogP contribution in [0.15, 0.2) is 11.6 Å². The van der Waals surface area contributed by atoms with Crippen LogP contribution in [0.4, 0.5) is 0 Å². The summed E-state index contributed by atoms with van der Waals surface area (Å²) in [5.41, 5.74) is 1.64. The monoisotopic (exact) mass is 253 g/mol. The summed E-state index contributed by atoms with van der Waals surface area (Å²) in [7, 11) is 0. The molecule has 0 aliphatic carbocycles. The fourth-order valence-corrected chi connectivity index (χ4v) is 2.95. The Labute approximate surface area is 111 Å². The molecule has 18 heavy (non-hydrogen) atoms.